The molecule has 41 heavy (non-hydrogen) atoms. The van der Waals surface area contributed by atoms with Crippen LogP contribution < -0.4 is 10.2 Å². The highest BCUT2D eigenvalue weighted by Gasteiger charge is 2.30. The number of hydrogen-bond acceptors (Lipinski definition) is 10. The number of thiophene rings is 1. The number of rotatable bonds is 8. The van der Waals surface area contributed by atoms with Gasteiger partial charge in [0.15, 0.2) is 21.5 Å². The van der Waals surface area contributed by atoms with Crippen LogP contribution in [-0.2, 0) is 21.1 Å². The average Bonchev–Trinajstić information content (AvgIpc) is 3.59. The van der Waals surface area contributed by atoms with Gasteiger partial charge in [-0.15, -0.1) is 11.3 Å². The zero-order chi connectivity index (χ0) is 28.8. The SMILES string of the molecule is CNCC(C)(C)N1CCN(Cc2cc3nc(-c4cc(S(C)(=O)=O)cc5[nH]ccc45)nc(N4CCOCC4)c3s2)CC1. The van der Waals surface area contributed by atoms with E-state index in [1.165, 1.54) is 11.1 Å². The van der Waals surface area contributed by atoms with Gasteiger partial charge in [-0.1, -0.05) is 0 Å². The Morgan fingerprint density at radius 1 is 1.07 bits per heavy atom. The zero-order valence-corrected chi connectivity index (χ0v) is 25.9. The van der Waals surface area contributed by atoms with Crippen molar-refractivity contribution in [3.05, 3.63) is 35.3 Å². The molecule has 2 N–H and O–H groups in total. The van der Waals surface area contributed by atoms with E-state index in [9.17, 15) is 8.42 Å². The van der Waals surface area contributed by atoms with Crippen molar-refractivity contribution in [3.63, 3.8) is 0 Å². The van der Waals surface area contributed by atoms with Gasteiger partial charge in [-0.2, -0.15) is 0 Å². The van der Waals surface area contributed by atoms with Crippen molar-refractivity contribution in [1.82, 2.24) is 30.1 Å². The summed E-state index contributed by atoms with van der Waals surface area (Å²) in [6, 6.07) is 7.53. The van der Waals surface area contributed by atoms with E-state index < -0.39 is 9.84 Å². The van der Waals surface area contributed by atoms with E-state index in [0.29, 0.717) is 24.6 Å². The molecule has 12 heteroatoms. The van der Waals surface area contributed by atoms with Crippen molar-refractivity contribution in [2.24, 2.45) is 0 Å². The van der Waals surface area contributed by atoms with Gasteiger partial charge < -0.3 is 19.9 Å². The van der Waals surface area contributed by atoms with Gasteiger partial charge >= 0.3 is 0 Å². The first-order chi connectivity index (χ1) is 19.6. The predicted octanol–water partition coefficient (Wildman–Crippen LogP) is 3.20. The van der Waals surface area contributed by atoms with Crippen LogP contribution >= 0.6 is 11.3 Å². The van der Waals surface area contributed by atoms with E-state index >= 15 is 0 Å². The molecule has 2 saturated heterocycles. The van der Waals surface area contributed by atoms with Crippen LogP contribution in [0.4, 0.5) is 5.82 Å². The largest absolute Gasteiger partial charge is 0.378 e. The second-order valence-electron chi connectivity index (χ2n) is 11.7. The summed E-state index contributed by atoms with van der Waals surface area (Å²) in [5.74, 6) is 1.44. The number of ether oxygens (including phenoxy) is 1. The van der Waals surface area contributed by atoms with Crippen molar-refractivity contribution in [3.8, 4) is 11.4 Å². The summed E-state index contributed by atoms with van der Waals surface area (Å²) in [6.45, 7) is 13.4. The highest BCUT2D eigenvalue weighted by atomic mass is 32.2. The third kappa shape index (κ3) is 5.86. The molecule has 0 unspecified atom stereocenters. The monoisotopic (exact) mass is 597 g/mol. The lowest BCUT2D eigenvalue weighted by molar-refractivity contribution is 0.0505. The van der Waals surface area contributed by atoms with Gasteiger partial charge in [0.1, 0.15) is 0 Å². The van der Waals surface area contributed by atoms with Gasteiger partial charge in [-0.3, -0.25) is 9.80 Å². The number of hydrogen-bond donors (Lipinski definition) is 2. The first-order valence-corrected chi connectivity index (χ1v) is 16.9. The minimum absolute atomic E-state index is 0.136. The van der Waals surface area contributed by atoms with Crippen molar-refractivity contribution >= 4 is 48.1 Å². The van der Waals surface area contributed by atoms with Gasteiger partial charge in [-0.05, 0) is 45.2 Å². The van der Waals surface area contributed by atoms with Gasteiger partial charge in [0.25, 0.3) is 0 Å². The van der Waals surface area contributed by atoms with Gasteiger partial charge in [0.2, 0.25) is 0 Å². The summed E-state index contributed by atoms with van der Waals surface area (Å²) < 4.78 is 31.8. The second-order valence-corrected chi connectivity index (χ2v) is 14.8. The van der Waals surface area contributed by atoms with Crippen LogP contribution in [-0.4, -0.2) is 111 Å². The smallest absolute Gasteiger partial charge is 0.175 e. The molecule has 2 fully saturated rings. The summed E-state index contributed by atoms with van der Waals surface area (Å²) in [6.07, 6.45) is 3.06. The molecule has 0 saturated carbocycles. The first-order valence-electron chi connectivity index (χ1n) is 14.2. The summed E-state index contributed by atoms with van der Waals surface area (Å²) >= 11 is 1.77. The molecule has 0 atom stereocenters. The Bertz CT molecular complexity index is 1650. The predicted molar refractivity (Wildman–Crippen MR) is 166 cm³/mol. The van der Waals surface area contributed by atoms with Crippen molar-refractivity contribution in [1.29, 1.82) is 0 Å². The Morgan fingerprint density at radius 3 is 2.54 bits per heavy atom. The number of nitrogens with zero attached hydrogens (tertiary/aromatic N) is 5. The Kier molecular flexibility index (Phi) is 7.81. The minimum atomic E-state index is -3.42. The highest BCUT2D eigenvalue weighted by Crippen LogP contribution is 2.37. The summed E-state index contributed by atoms with van der Waals surface area (Å²) in [4.78, 5) is 22.2. The molecule has 220 valence electrons. The molecular formula is C29H39N7O3S2. The maximum absolute atomic E-state index is 12.5. The Balaban J connectivity index is 1.36. The number of aromatic nitrogens is 3. The Hall–Kier alpha value is -2.61. The van der Waals surface area contributed by atoms with Crippen molar-refractivity contribution in [2.75, 3.05) is 77.2 Å². The van der Waals surface area contributed by atoms with Crippen LogP contribution in [0.3, 0.4) is 0 Å². The van der Waals surface area contributed by atoms with Crippen LogP contribution in [0.25, 0.3) is 32.5 Å². The number of fused-ring (bicyclic) bond motifs is 2. The molecular weight excluding hydrogens is 558 g/mol. The molecule has 2 aliphatic heterocycles. The second kappa shape index (κ2) is 11.2. The van der Waals surface area contributed by atoms with Crippen LogP contribution in [0.5, 0.6) is 0 Å². The molecule has 6 rings (SSSR count). The molecule has 0 bridgehead atoms. The fraction of sp³-hybridized carbons (Fsp3) is 0.517. The van der Waals surface area contributed by atoms with Crippen molar-refractivity contribution in [2.45, 2.75) is 30.8 Å². The molecule has 0 aliphatic carbocycles. The average molecular weight is 598 g/mol. The molecule has 10 nitrogen and oxygen atoms in total. The number of benzene rings is 1. The van der Waals surface area contributed by atoms with E-state index in [2.05, 4.69) is 44.9 Å². The Labute approximate surface area is 245 Å². The topological polar surface area (TPSA) is 107 Å². The summed E-state index contributed by atoms with van der Waals surface area (Å²) in [5.41, 5.74) is 2.51. The van der Waals surface area contributed by atoms with Crippen LogP contribution in [0.15, 0.2) is 35.4 Å². The molecule has 5 heterocycles. The van der Waals surface area contributed by atoms with E-state index in [1.54, 1.807) is 23.5 Å². The van der Waals surface area contributed by atoms with Crippen LogP contribution in [0, 0.1) is 0 Å². The van der Waals surface area contributed by atoms with Gasteiger partial charge in [-0.25, -0.2) is 18.4 Å². The maximum atomic E-state index is 12.5. The molecule has 0 amide bonds. The van der Waals surface area contributed by atoms with E-state index in [0.717, 1.165) is 79.3 Å². The minimum Gasteiger partial charge on any atom is -0.378 e. The first kappa shape index (κ1) is 28.5. The van der Waals surface area contributed by atoms with E-state index in [-0.39, 0.29) is 10.4 Å². The normalized spacial score (nSPS) is 18.1. The van der Waals surface area contributed by atoms with Crippen LogP contribution in [0.2, 0.25) is 0 Å². The number of piperazine rings is 1. The third-order valence-corrected chi connectivity index (χ3v) is 10.4. The maximum Gasteiger partial charge on any atom is 0.175 e. The number of morpholine rings is 1. The fourth-order valence-electron chi connectivity index (χ4n) is 5.97. The van der Waals surface area contributed by atoms with Crippen molar-refractivity contribution < 1.29 is 13.2 Å². The molecule has 0 spiro atoms. The lowest BCUT2D eigenvalue weighted by Crippen LogP contribution is -2.57. The van der Waals surface area contributed by atoms with Crippen LogP contribution in [0.1, 0.15) is 18.7 Å². The Morgan fingerprint density at radius 2 is 1.83 bits per heavy atom. The number of anilines is 1. The van der Waals surface area contributed by atoms with E-state index in [1.807, 2.05) is 19.3 Å². The number of likely N-dealkylation sites (N-methyl/N-ethyl adjacent to an activating group) is 1. The lowest BCUT2D eigenvalue weighted by Gasteiger charge is -2.44. The fourth-order valence-corrected chi connectivity index (χ4v) is 7.79. The molecule has 4 aromatic rings. The molecule has 0 radical (unpaired) electrons. The molecule has 3 aromatic heterocycles. The zero-order valence-electron chi connectivity index (χ0n) is 24.2. The standard InChI is InChI=1S/C29H39N7O3S2/c1-29(2,19-30-3)36-9-7-34(8-10-36)18-20-15-25-26(40-20)28(35-11-13-39-14-12-35)33-27(32-25)23-16-21(41(4,37)38)17-24-22(23)5-6-31-24/h5-6,15-17,30-31H,7-14,18-19H2,1-4H3. The third-order valence-electron chi connectivity index (χ3n) is 8.24. The highest BCUT2D eigenvalue weighted by molar-refractivity contribution is 7.90. The molecule has 1 aromatic carbocycles. The summed E-state index contributed by atoms with van der Waals surface area (Å²) in [7, 11) is -1.40. The number of sulfone groups is 1. The quantitative estimate of drug-likeness (QED) is 0.317. The summed E-state index contributed by atoms with van der Waals surface area (Å²) in [5, 5.41) is 4.23. The molecule has 2 aliphatic rings. The number of nitrogens with one attached hydrogen (secondary N) is 2. The van der Waals surface area contributed by atoms with Gasteiger partial charge in [0.05, 0.1) is 28.3 Å². The van der Waals surface area contributed by atoms with E-state index in [4.69, 9.17) is 14.7 Å². The number of H-pyrrole nitrogens is 1. The number of aromatic amines is 1. The van der Waals surface area contributed by atoms with Gasteiger partial charge in [0, 0.05) is 91.7 Å². The lowest BCUT2D eigenvalue weighted by atomic mass is 10.0.